The van der Waals surface area contributed by atoms with Gasteiger partial charge in [-0.2, -0.15) is 0 Å². The van der Waals surface area contributed by atoms with Crippen LogP contribution in [0.5, 0.6) is 0 Å². The maximum absolute atomic E-state index is 12.8. The van der Waals surface area contributed by atoms with Gasteiger partial charge in [-0.05, 0) is 105 Å². The summed E-state index contributed by atoms with van der Waals surface area (Å²) < 4.78 is 11.2. The smallest absolute Gasteiger partial charge is 0.309 e. The fourth-order valence-corrected chi connectivity index (χ4v) is 9.12. The summed E-state index contributed by atoms with van der Waals surface area (Å²) in [5.41, 5.74) is 0.129. The lowest BCUT2D eigenvalue weighted by molar-refractivity contribution is -0.181. The second-order valence-corrected chi connectivity index (χ2v) is 12.7. The van der Waals surface area contributed by atoms with Gasteiger partial charge in [-0.25, -0.2) is 0 Å². The molecule has 0 aromatic heterocycles. The fourth-order valence-electron chi connectivity index (χ4n) is 9.12. The van der Waals surface area contributed by atoms with Crippen molar-refractivity contribution < 1.29 is 19.4 Å². The molecule has 0 heterocycles. The molecule has 5 heteroatoms. The van der Waals surface area contributed by atoms with E-state index < -0.39 is 0 Å². The number of aliphatic hydroxyl groups is 1. The zero-order valence-electron chi connectivity index (χ0n) is 21.9. The van der Waals surface area contributed by atoms with Crippen molar-refractivity contribution in [3.63, 3.8) is 0 Å². The highest BCUT2D eigenvalue weighted by molar-refractivity contribution is 5.74. The lowest BCUT2D eigenvalue weighted by atomic mass is 9.43. The average Bonchev–Trinajstić information content (AvgIpc) is 3.10. The Bertz CT molecular complexity index is 697. The molecule has 33 heavy (non-hydrogen) atoms. The van der Waals surface area contributed by atoms with E-state index in [1.807, 2.05) is 6.92 Å². The number of nitrogens with one attached hydrogen (secondary N) is 1. The number of rotatable bonds is 7. The summed E-state index contributed by atoms with van der Waals surface area (Å²) in [5.74, 6) is 3.04. The zero-order valence-corrected chi connectivity index (χ0v) is 21.9. The van der Waals surface area contributed by atoms with Crippen LogP contribution in [0, 0.1) is 46.3 Å². The van der Waals surface area contributed by atoms with Gasteiger partial charge < -0.3 is 19.9 Å². The summed E-state index contributed by atoms with van der Waals surface area (Å²) in [6.07, 6.45) is 8.23. The first kappa shape index (κ1) is 25.4. The minimum absolute atomic E-state index is 0.00748. The highest BCUT2D eigenvalue weighted by Crippen LogP contribution is 2.67. The molecule has 0 radical (unpaired) electrons. The molecule has 0 aliphatic heterocycles. The first-order valence-corrected chi connectivity index (χ1v) is 13.8. The Morgan fingerprint density at radius 1 is 1.12 bits per heavy atom. The maximum Gasteiger partial charge on any atom is 0.309 e. The van der Waals surface area contributed by atoms with Crippen molar-refractivity contribution in [2.45, 2.75) is 104 Å². The van der Waals surface area contributed by atoms with E-state index in [0.29, 0.717) is 42.2 Å². The molecule has 0 amide bonds. The lowest BCUT2D eigenvalue weighted by Gasteiger charge is -2.64. The number of hydrogen-bond donors (Lipinski definition) is 2. The molecule has 2 N–H and O–H groups in total. The van der Waals surface area contributed by atoms with Crippen LogP contribution in [0.1, 0.15) is 86.0 Å². The van der Waals surface area contributed by atoms with E-state index in [2.05, 4.69) is 33.0 Å². The first-order valence-electron chi connectivity index (χ1n) is 13.8. The number of methoxy groups -OCH3 is 1. The van der Waals surface area contributed by atoms with Crippen LogP contribution in [0.3, 0.4) is 0 Å². The van der Waals surface area contributed by atoms with Crippen LogP contribution >= 0.6 is 0 Å². The number of esters is 1. The summed E-state index contributed by atoms with van der Waals surface area (Å²) in [6, 6.07) is 0.392. The van der Waals surface area contributed by atoms with Gasteiger partial charge >= 0.3 is 5.97 Å². The highest BCUT2D eigenvalue weighted by Gasteiger charge is 2.65. The third-order valence-electron chi connectivity index (χ3n) is 10.6. The summed E-state index contributed by atoms with van der Waals surface area (Å²) in [6.45, 7) is 13.2. The SMILES string of the molecule is CCO[C@H]1C[C@@H]2CC[C@@H]3[C@H]([C@H](NCCC(C)C)C[C@]4(C)[C@H](C(=O)OC)CC[C@@H]34)[C@@]2(C)C[C@@H]1O. The number of carbonyl (C=O) groups is 1. The second kappa shape index (κ2) is 9.78. The number of ether oxygens (including phenoxy) is 2. The molecule has 0 bridgehead atoms. The number of carbonyl (C=O) groups excluding carboxylic acids is 1. The third-order valence-corrected chi connectivity index (χ3v) is 10.6. The van der Waals surface area contributed by atoms with E-state index in [1.54, 1.807) is 7.11 Å². The summed E-state index contributed by atoms with van der Waals surface area (Å²) >= 11 is 0. The first-order chi connectivity index (χ1) is 15.7. The molecule has 10 atom stereocenters. The summed E-state index contributed by atoms with van der Waals surface area (Å²) in [5, 5.41) is 15.1. The van der Waals surface area contributed by atoms with Crippen LogP contribution in [-0.4, -0.2) is 49.6 Å². The molecular weight excluding hydrogens is 414 g/mol. The topological polar surface area (TPSA) is 67.8 Å². The molecule has 190 valence electrons. The molecule has 4 aliphatic rings. The monoisotopic (exact) mass is 463 g/mol. The quantitative estimate of drug-likeness (QED) is 0.531. The van der Waals surface area contributed by atoms with E-state index in [1.165, 1.54) is 19.3 Å². The second-order valence-electron chi connectivity index (χ2n) is 12.7. The normalized spacial score (nSPS) is 47.0. The average molecular weight is 464 g/mol. The van der Waals surface area contributed by atoms with Gasteiger partial charge in [0.2, 0.25) is 0 Å². The molecule has 0 unspecified atom stereocenters. The Balaban J connectivity index is 1.65. The Hall–Kier alpha value is -0.650. The van der Waals surface area contributed by atoms with Crippen molar-refractivity contribution in [3.05, 3.63) is 0 Å². The van der Waals surface area contributed by atoms with Gasteiger partial charge in [0.15, 0.2) is 0 Å². The Labute approximate surface area is 201 Å². The molecule has 0 spiro atoms. The fraction of sp³-hybridized carbons (Fsp3) is 0.964. The van der Waals surface area contributed by atoms with Gasteiger partial charge in [-0.15, -0.1) is 0 Å². The highest BCUT2D eigenvalue weighted by atomic mass is 16.5. The molecule has 4 aliphatic carbocycles. The van der Waals surface area contributed by atoms with Crippen molar-refractivity contribution in [2.24, 2.45) is 46.3 Å². The van der Waals surface area contributed by atoms with Gasteiger partial charge in [0, 0.05) is 12.6 Å². The molecule has 4 fully saturated rings. The number of fused-ring (bicyclic) bond motifs is 5. The molecule has 5 nitrogen and oxygen atoms in total. The van der Waals surface area contributed by atoms with Crippen molar-refractivity contribution >= 4 is 5.97 Å². The molecule has 0 saturated heterocycles. The van der Waals surface area contributed by atoms with Crippen LogP contribution in [-0.2, 0) is 14.3 Å². The molecule has 0 aromatic rings. The van der Waals surface area contributed by atoms with Gasteiger partial charge in [0.25, 0.3) is 0 Å². The number of aliphatic hydroxyl groups excluding tert-OH is 1. The van der Waals surface area contributed by atoms with Crippen LogP contribution in [0.4, 0.5) is 0 Å². The zero-order chi connectivity index (χ0) is 24.0. The van der Waals surface area contributed by atoms with E-state index in [4.69, 9.17) is 9.47 Å². The van der Waals surface area contributed by atoms with Crippen molar-refractivity contribution in [2.75, 3.05) is 20.3 Å². The molecular formula is C28H49NO4. The standard InChI is InChI=1S/C28H49NO4/c1-7-33-24-14-18-8-9-19-20-10-11-21(26(31)32-6)28(20,5)15-22(29-13-12-17(2)3)25(19)27(18,4)16-23(24)30/h17-25,29-30H,7-16H2,1-6H3/t18-,19-,20-,21-,22+,23-,24-,25+,27-,28-/m0/s1. The van der Waals surface area contributed by atoms with E-state index in [9.17, 15) is 9.90 Å². The van der Waals surface area contributed by atoms with Gasteiger partial charge in [-0.3, -0.25) is 4.79 Å². The Morgan fingerprint density at radius 3 is 2.55 bits per heavy atom. The van der Waals surface area contributed by atoms with Crippen LogP contribution in [0.15, 0.2) is 0 Å². The minimum Gasteiger partial charge on any atom is -0.469 e. The predicted octanol–water partition coefficient (Wildman–Crippen LogP) is 4.81. The lowest BCUT2D eigenvalue weighted by Crippen LogP contribution is -2.64. The van der Waals surface area contributed by atoms with Crippen molar-refractivity contribution in [1.82, 2.24) is 5.32 Å². The van der Waals surface area contributed by atoms with Crippen molar-refractivity contribution in [3.8, 4) is 0 Å². The molecule has 4 rings (SSSR count). The van der Waals surface area contributed by atoms with E-state index in [0.717, 1.165) is 38.6 Å². The maximum atomic E-state index is 12.8. The third kappa shape index (κ3) is 4.40. The van der Waals surface area contributed by atoms with E-state index >= 15 is 0 Å². The van der Waals surface area contributed by atoms with E-state index in [-0.39, 0.29) is 34.9 Å². The van der Waals surface area contributed by atoms with Crippen LogP contribution in [0.2, 0.25) is 0 Å². The minimum atomic E-state index is -0.374. The van der Waals surface area contributed by atoms with Crippen LogP contribution < -0.4 is 5.32 Å². The predicted molar refractivity (Wildman–Crippen MR) is 131 cm³/mol. The van der Waals surface area contributed by atoms with Gasteiger partial charge in [0.1, 0.15) is 0 Å². The Morgan fingerprint density at radius 2 is 1.88 bits per heavy atom. The van der Waals surface area contributed by atoms with Gasteiger partial charge in [0.05, 0.1) is 25.2 Å². The number of hydrogen-bond acceptors (Lipinski definition) is 5. The molecule has 4 saturated carbocycles. The summed E-state index contributed by atoms with van der Waals surface area (Å²) in [4.78, 5) is 12.8. The Kier molecular flexibility index (Phi) is 7.54. The largest absolute Gasteiger partial charge is 0.469 e. The van der Waals surface area contributed by atoms with Crippen LogP contribution in [0.25, 0.3) is 0 Å². The van der Waals surface area contributed by atoms with Gasteiger partial charge in [-0.1, -0.05) is 27.7 Å². The summed E-state index contributed by atoms with van der Waals surface area (Å²) in [7, 11) is 1.55. The molecule has 0 aromatic carbocycles. The van der Waals surface area contributed by atoms with Crippen molar-refractivity contribution in [1.29, 1.82) is 0 Å².